The standard InChI is InChI=1S/C18H23NO2/c1-12-6-13(2)8-17(7-12)20-11-18-9-15(14(3)21-18)10-19-16-4-5-16/h6-9,16,19H,4-5,10-11H2,1-3H3. The number of furan rings is 1. The Morgan fingerprint density at radius 3 is 2.48 bits per heavy atom. The van der Waals surface area contributed by atoms with Crippen LogP contribution >= 0.6 is 0 Å². The third kappa shape index (κ3) is 3.88. The Balaban J connectivity index is 1.60. The Kier molecular flexibility index (Phi) is 4.02. The lowest BCUT2D eigenvalue weighted by Gasteiger charge is -2.06. The van der Waals surface area contributed by atoms with E-state index in [0.717, 1.165) is 23.8 Å². The minimum absolute atomic E-state index is 0.479. The summed E-state index contributed by atoms with van der Waals surface area (Å²) in [6.45, 7) is 7.55. The summed E-state index contributed by atoms with van der Waals surface area (Å²) >= 11 is 0. The zero-order valence-electron chi connectivity index (χ0n) is 13.0. The molecule has 3 heteroatoms. The number of aryl methyl sites for hydroxylation is 3. The van der Waals surface area contributed by atoms with E-state index in [-0.39, 0.29) is 0 Å². The molecule has 0 atom stereocenters. The highest BCUT2D eigenvalue weighted by Gasteiger charge is 2.21. The quantitative estimate of drug-likeness (QED) is 0.870. The molecular weight excluding hydrogens is 262 g/mol. The van der Waals surface area contributed by atoms with Crippen LogP contribution in [0.1, 0.15) is 41.1 Å². The van der Waals surface area contributed by atoms with Crippen molar-refractivity contribution in [3.8, 4) is 5.75 Å². The molecule has 21 heavy (non-hydrogen) atoms. The first-order valence-corrected chi connectivity index (χ1v) is 7.63. The smallest absolute Gasteiger partial charge is 0.146 e. The van der Waals surface area contributed by atoms with Crippen LogP contribution < -0.4 is 10.1 Å². The van der Waals surface area contributed by atoms with Crippen molar-refractivity contribution >= 4 is 0 Å². The molecule has 3 nitrogen and oxygen atoms in total. The molecule has 0 aliphatic heterocycles. The summed E-state index contributed by atoms with van der Waals surface area (Å²) in [6.07, 6.45) is 2.61. The Bertz CT molecular complexity index is 606. The molecule has 1 N–H and O–H groups in total. The van der Waals surface area contributed by atoms with Crippen molar-refractivity contribution < 1.29 is 9.15 Å². The van der Waals surface area contributed by atoms with Gasteiger partial charge >= 0.3 is 0 Å². The lowest BCUT2D eigenvalue weighted by molar-refractivity contribution is 0.267. The molecule has 1 aliphatic rings. The van der Waals surface area contributed by atoms with Gasteiger partial charge in [0.15, 0.2) is 0 Å². The van der Waals surface area contributed by atoms with E-state index in [0.29, 0.717) is 12.6 Å². The van der Waals surface area contributed by atoms with E-state index in [1.807, 2.05) is 6.92 Å². The molecule has 0 spiro atoms. The summed E-state index contributed by atoms with van der Waals surface area (Å²) in [5.41, 5.74) is 3.67. The second-order valence-electron chi connectivity index (χ2n) is 6.06. The molecule has 0 radical (unpaired) electrons. The van der Waals surface area contributed by atoms with Crippen LogP contribution in [0, 0.1) is 20.8 Å². The highest BCUT2D eigenvalue weighted by atomic mass is 16.5. The Hall–Kier alpha value is -1.74. The zero-order chi connectivity index (χ0) is 14.8. The minimum atomic E-state index is 0.479. The lowest BCUT2D eigenvalue weighted by atomic mass is 10.1. The highest BCUT2D eigenvalue weighted by Crippen LogP contribution is 2.22. The fourth-order valence-electron chi connectivity index (χ4n) is 2.55. The van der Waals surface area contributed by atoms with E-state index in [1.165, 1.54) is 29.5 Å². The van der Waals surface area contributed by atoms with Gasteiger partial charge in [-0.05, 0) is 62.9 Å². The van der Waals surface area contributed by atoms with Crippen molar-refractivity contribution in [3.05, 3.63) is 52.5 Å². The van der Waals surface area contributed by atoms with Crippen LogP contribution in [0.25, 0.3) is 0 Å². The molecule has 2 aromatic rings. The first-order chi connectivity index (χ1) is 10.1. The van der Waals surface area contributed by atoms with Crippen molar-refractivity contribution in [3.63, 3.8) is 0 Å². The van der Waals surface area contributed by atoms with Gasteiger partial charge in [-0.2, -0.15) is 0 Å². The average Bonchev–Trinajstić information content (AvgIpc) is 3.17. The molecular formula is C18H23NO2. The molecule has 0 unspecified atom stereocenters. The van der Waals surface area contributed by atoms with Crippen molar-refractivity contribution in [1.82, 2.24) is 5.32 Å². The second kappa shape index (κ2) is 5.94. The van der Waals surface area contributed by atoms with E-state index < -0.39 is 0 Å². The SMILES string of the molecule is Cc1cc(C)cc(OCc2cc(CNC3CC3)c(C)o2)c1. The summed E-state index contributed by atoms with van der Waals surface area (Å²) in [4.78, 5) is 0. The van der Waals surface area contributed by atoms with E-state index in [9.17, 15) is 0 Å². The summed E-state index contributed by atoms with van der Waals surface area (Å²) in [7, 11) is 0. The molecule has 3 rings (SSSR count). The topological polar surface area (TPSA) is 34.4 Å². The maximum absolute atomic E-state index is 5.85. The number of hydrogen-bond donors (Lipinski definition) is 1. The monoisotopic (exact) mass is 285 g/mol. The highest BCUT2D eigenvalue weighted by molar-refractivity contribution is 5.33. The summed E-state index contributed by atoms with van der Waals surface area (Å²) in [5, 5.41) is 3.51. The second-order valence-corrected chi connectivity index (χ2v) is 6.06. The van der Waals surface area contributed by atoms with E-state index in [1.54, 1.807) is 0 Å². The summed E-state index contributed by atoms with van der Waals surface area (Å²) < 4.78 is 11.6. The Morgan fingerprint density at radius 1 is 1.10 bits per heavy atom. The van der Waals surface area contributed by atoms with E-state index >= 15 is 0 Å². The van der Waals surface area contributed by atoms with Crippen LogP contribution in [0.3, 0.4) is 0 Å². The van der Waals surface area contributed by atoms with Gasteiger partial charge in [0.2, 0.25) is 0 Å². The van der Waals surface area contributed by atoms with E-state index in [4.69, 9.17) is 9.15 Å². The molecule has 1 aliphatic carbocycles. The molecule has 0 bridgehead atoms. The van der Waals surface area contributed by atoms with Crippen molar-refractivity contribution in [2.75, 3.05) is 0 Å². The summed E-state index contributed by atoms with van der Waals surface area (Å²) in [6, 6.07) is 9.07. The fourth-order valence-corrected chi connectivity index (χ4v) is 2.55. The number of hydrogen-bond acceptors (Lipinski definition) is 3. The van der Waals surface area contributed by atoms with Crippen molar-refractivity contribution in [2.24, 2.45) is 0 Å². The van der Waals surface area contributed by atoms with Crippen LogP contribution in [-0.4, -0.2) is 6.04 Å². The van der Waals surface area contributed by atoms with Gasteiger partial charge in [0.05, 0.1) is 0 Å². The van der Waals surface area contributed by atoms with Gasteiger partial charge in [0.25, 0.3) is 0 Å². The maximum atomic E-state index is 5.85. The normalized spacial score (nSPS) is 14.4. The molecule has 112 valence electrons. The molecule has 1 aromatic carbocycles. The first-order valence-electron chi connectivity index (χ1n) is 7.63. The van der Waals surface area contributed by atoms with Crippen LogP contribution in [0.5, 0.6) is 5.75 Å². The van der Waals surface area contributed by atoms with Crippen LogP contribution in [0.2, 0.25) is 0 Å². The molecule has 1 aromatic heterocycles. The van der Waals surface area contributed by atoms with Gasteiger partial charge in [0.1, 0.15) is 23.9 Å². The molecule has 0 amide bonds. The third-order valence-electron chi connectivity index (χ3n) is 3.81. The Labute approximate surface area is 126 Å². The fraction of sp³-hybridized carbons (Fsp3) is 0.444. The molecule has 1 fully saturated rings. The molecule has 0 saturated heterocycles. The minimum Gasteiger partial charge on any atom is -0.486 e. The molecule has 1 saturated carbocycles. The van der Waals surface area contributed by atoms with Gasteiger partial charge in [0, 0.05) is 18.2 Å². The van der Waals surface area contributed by atoms with Gasteiger partial charge in [-0.3, -0.25) is 0 Å². The van der Waals surface area contributed by atoms with E-state index in [2.05, 4.69) is 43.4 Å². The summed E-state index contributed by atoms with van der Waals surface area (Å²) in [5.74, 6) is 2.78. The molecule has 1 heterocycles. The Morgan fingerprint density at radius 2 is 1.81 bits per heavy atom. The van der Waals surface area contributed by atoms with Gasteiger partial charge in [-0.25, -0.2) is 0 Å². The maximum Gasteiger partial charge on any atom is 0.146 e. The lowest BCUT2D eigenvalue weighted by Crippen LogP contribution is -2.15. The van der Waals surface area contributed by atoms with Gasteiger partial charge in [-0.1, -0.05) is 6.07 Å². The zero-order valence-corrected chi connectivity index (χ0v) is 13.0. The van der Waals surface area contributed by atoms with Crippen LogP contribution in [-0.2, 0) is 13.2 Å². The van der Waals surface area contributed by atoms with Crippen molar-refractivity contribution in [2.45, 2.75) is 52.8 Å². The number of rotatable bonds is 6. The average molecular weight is 285 g/mol. The van der Waals surface area contributed by atoms with Crippen LogP contribution in [0.4, 0.5) is 0 Å². The third-order valence-corrected chi connectivity index (χ3v) is 3.81. The van der Waals surface area contributed by atoms with Gasteiger partial charge < -0.3 is 14.5 Å². The van der Waals surface area contributed by atoms with Crippen LogP contribution in [0.15, 0.2) is 28.7 Å². The number of nitrogens with one attached hydrogen (secondary N) is 1. The van der Waals surface area contributed by atoms with Crippen molar-refractivity contribution in [1.29, 1.82) is 0 Å². The van der Waals surface area contributed by atoms with Gasteiger partial charge in [-0.15, -0.1) is 0 Å². The predicted molar refractivity (Wildman–Crippen MR) is 83.6 cm³/mol. The number of benzene rings is 1. The number of ether oxygens (including phenoxy) is 1. The predicted octanol–water partition coefficient (Wildman–Crippen LogP) is 4.04. The largest absolute Gasteiger partial charge is 0.486 e. The first kappa shape index (κ1) is 14.2.